The summed E-state index contributed by atoms with van der Waals surface area (Å²) in [6.07, 6.45) is 3.60. The highest BCUT2D eigenvalue weighted by Gasteiger charge is 2.40. The van der Waals surface area contributed by atoms with E-state index in [9.17, 15) is 14.0 Å². The van der Waals surface area contributed by atoms with Crippen LogP contribution in [0.25, 0.3) is 5.69 Å². The zero-order valence-electron chi connectivity index (χ0n) is 22.2. The second-order valence-corrected chi connectivity index (χ2v) is 9.90. The summed E-state index contributed by atoms with van der Waals surface area (Å²) in [5.41, 5.74) is 3.74. The largest absolute Gasteiger partial charge is 0.497 e. The van der Waals surface area contributed by atoms with Crippen molar-refractivity contribution in [1.82, 2.24) is 9.47 Å². The molecular formula is C31H29FN4O4. The lowest BCUT2D eigenvalue weighted by atomic mass is 9.97. The second-order valence-electron chi connectivity index (χ2n) is 9.90. The van der Waals surface area contributed by atoms with Gasteiger partial charge in [-0.15, -0.1) is 0 Å². The van der Waals surface area contributed by atoms with Crippen molar-refractivity contribution >= 4 is 23.3 Å². The van der Waals surface area contributed by atoms with Gasteiger partial charge in [-0.2, -0.15) is 0 Å². The number of nitrogens with zero attached hydrogens (tertiary/aromatic N) is 3. The Morgan fingerprint density at radius 2 is 1.60 bits per heavy atom. The molecule has 1 N–H and O–H groups in total. The predicted octanol–water partition coefficient (Wildman–Crippen LogP) is 5.77. The Balaban J connectivity index is 1.33. The average molecular weight is 541 g/mol. The molecule has 1 saturated carbocycles. The highest BCUT2D eigenvalue weighted by molar-refractivity contribution is 6.01. The van der Waals surface area contributed by atoms with E-state index in [1.807, 2.05) is 42.6 Å². The molecule has 2 aliphatic rings. The van der Waals surface area contributed by atoms with Crippen molar-refractivity contribution in [2.75, 3.05) is 31.0 Å². The molecule has 0 bridgehead atoms. The highest BCUT2D eigenvalue weighted by Crippen LogP contribution is 2.42. The fourth-order valence-electron chi connectivity index (χ4n) is 5.27. The van der Waals surface area contributed by atoms with Crippen LogP contribution in [0.2, 0.25) is 0 Å². The van der Waals surface area contributed by atoms with Crippen molar-refractivity contribution in [3.05, 3.63) is 102 Å². The summed E-state index contributed by atoms with van der Waals surface area (Å²) >= 11 is 0. The minimum Gasteiger partial charge on any atom is -0.497 e. The first-order chi connectivity index (χ1) is 19.5. The van der Waals surface area contributed by atoms with Crippen molar-refractivity contribution in [1.29, 1.82) is 0 Å². The summed E-state index contributed by atoms with van der Waals surface area (Å²) in [5, 5.41) is 2.91. The molecule has 4 aromatic rings. The minimum absolute atomic E-state index is 0.0374. The first-order valence-electron chi connectivity index (χ1n) is 13.1. The number of methoxy groups -OCH3 is 2. The number of amides is 3. The van der Waals surface area contributed by atoms with E-state index in [4.69, 9.17) is 9.47 Å². The van der Waals surface area contributed by atoms with Crippen LogP contribution in [0, 0.1) is 5.82 Å². The number of carbonyl (C=O) groups excluding carboxylic acids is 2. The number of hydrogen-bond donors (Lipinski definition) is 1. The molecule has 1 aromatic heterocycles. The lowest BCUT2D eigenvalue weighted by Gasteiger charge is -2.39. The molecule has 6 rings (SSSR count). The van der Waals surface area contributed by atoms with Gasteiger partial charge in [-0.3, -0.25) is 9.69 Å². The monoisotopic (exact) mass is 540 g/mol. The van der Waals surface area contributed by atoms with E-state index in [-0.39, 0.29) is 30.3 Å². The van der Waals surface area contributed by atoms with Gasteiger partial charge in [-0.05, 0) is 54.8 Å². The maximum Gasteiger partial charge on any atom is 0.322 e. The fourth-order valence-corrected chi connectivity index (χ4v) is 5.27. The number of ether oxygens (including phenoxy) is 2. The first kappa shape index (κ1) is 25.5. The van der Waals surface area contributed by atoms with Gasteiger partial charge in [0.15, 0.2) is 0 Å². The maximum atomic E-state index is 14.2. The summed E-state index contributed by atoms with van der Waals surface area (Å²) in [7, 11) is 3.08. The van der Waals surface area contributed by atoms with E-state index >= 15 is 0 Å². The van der Waals surface area contributed by atoms with E-state index in [2.05, 4.69) is 9.88 Å². The Kier molecular flexibility index (Phi) is 6.63. The number of fused-ring (bicyclic) bond motifs is 3. The highest BCUT2D eigenvalue weighted by atomic mass is 19.1. The molecular weight excluding hydrogens is 511 g/mol. The summed E-state index contributed by atoms with van der Waals surface area (Å²) in [4.78, 5) is 31.1. The van der Waals surface area contributed by atoms with Gasteiger partial charge in [0.1, 0.15) is 29.9 Å². The number of para-hydroxylation sites is 2. The van der Waals surface area contributed by atoms with E-state index in [0.29, 0.717) is 17.2 Å². The third-order valence-corrected chi connectivity index (χ3v) is 7.33. The van der Waals surface area contributed by atoms with Gasteiger partial charge in [0.05, 0.1) is 31.3 Å². The first-order valence-corrected chi connectivity index (χ1v) is 13.1. The van der Waals surface area contributed by atoms with Gasteiger partial charge in [0.25, 0.3) is 0 Å². The summed E-state index contributed by atoms with van der Waals surface area (Å²) in [6.45, 7) is -0.121. The van der Waals surface area contributed by atoms with Crippen LogP contribution in [0.15, 0.2) is 85.1 Å². The zero-order valence-corrected chi connectivity index (χ0v) is 22.2. The Bertz CT molecular complexity index is 1540. The molecule has 0 radical (unpaired) electrons. The third kappa shape index (κ3) is 4.75. The van der Waals surface area contributed by atoms with Crippen molar-refractivity contribution in [2.24, 2.45) is 0 Å². The molecule has 0 spiro atoms. The number of nitrogens with one attached hydrogen (secondary N) is 1. The molecule has 1 unspecified atom stereocenters. The van der Waals surface area contributed by atoms with Crippen LogP contribution in [0.5, 0.6) is 11.5 Å². The number of urea groups is 1. The number of hydrogen-bond acceptors (Lipinski definition) is 4. The molecule has 8 nitrogen and oxygen atoms in total. The van der Waals surface area contributed by atoms with Gasteiger partial charge in [0, 0.05) is 36.1 Å². The van der Waals surface area contributed by atoms with E-state index < -0.39 is 6.04 Å². The smallest absolute Gasteiger partial charge is 0.322 e. The number of benzene rings is 3. The lowest BCUT2D eigenvalue weighted by Crippen LogP contribution is -2.48. The molecule has 2 heterocycles. The standard InChI is InChI=1S/C31H29FN4O4/c1-39-24-16-22(17-25(18-24)40-2)33-31(38)35(23-13-14-23)19-29(37)36-27-7-4-3-6-26(27)34-15-5-8-28(34)30(36)20-9-11-21(32)12-10-20/h3-12,15-18,23,30H,13-14,19H2,1-2H3,(H,33,38). The lowest BCUT2D eigenvalue weighted by molar-refractivity contribution is -0.119. The van der Waals surface area contributed by atoms with Gasteiger partial charge >= 0.3 is 6.03 Å². The zero-order chi connectivity index (χ0) is 27.8. The second kappa shape index (κ2) is 10.4. The summed E-state index contributed by atoms with van der Waals surface area (Å²) < 4.78 is 26.6. The van der Waals surface area contributed by atoms with Crippen molar-refractivity contribution in [3.8, 4) is 17.2 Å². The molecule has 40 heavy (non-hydrogen) atoms. The maximum absolute atomic E-state index is 14.2. The van der Waals surface area contributed by atoms with Crippen LogP contribution in [-0.2, 0) is 4.79 Å². The number of carbonyl (C=O) groups is 2. The topological polar surface area (TPSA) is 76.0 Å². The predicted molar refractivity (Wildman–Crippen MR) is 150 cm³/mol. The Morgan fingerprint density at radius 3 is 2.25 bits per heavy atom. The average Bonchev–Trinajstić information content (AvgIpc) is 3.70. The number of aromatic nitrogens is 1. The van der Waals surface area contributed by atoms with Crippen LogP contribution in [0.4, 0.5) is 20.6 Å². The molecule has 3 amide bonds. The molecule has 1 aliphatic carbocycles. The molecule has 3 aromatic carbocycles. The Morgan fingerprint density at radius 1 is 0.925 bits per heavy atom. The van der Waals surface area contributed by atoms with Gasteiger partial charge in [-0.25, -0.2) is 9.18 Å². The van der Waals surface area contributed by atoms with Crippen LogP contribution in [0.1, 0.15) is 30.1 Å². The van der Waals surface area contributed by atoms with Gasteiger partial charge in [0.2, 0.25) is 5.91 Å². The fraction of sp³-hybridized carbons (Fsp3) is 0.226. The van der Waals surface area contributed by atoms with Crippen LogP contribution in [-0.4, -0.2) is 48.2 Å². The Hall–Kier alpha value is -4.79. The molecule has 1 atom stereocenters. The van der Waals surface area contributed by atoms with Crippen molar-refractivity contribution < 1.29 is 23.5 Å². The van der Waals surface area contributed by atoms with E-state index in [1.54, 1.807) is 54.4 Å². The number of halogens is 1. The quantitative estimate of drug-likeness (QED) is 0.323. The van der Waals surface area contributed by atoms with E-state index in [1.165, 1.54) is 12.1 Å². The molecule has 1 fully saturated rings. The normalized spacial score (nSPS) is 15.6. The molecule has 9 heteroatoms. The van der Waals surface area contributed by atoms with Crippen LogP contribution < -0.4 is 19.7 Å². The van der Waals surface area contributed by atoms with Crippen LogP contribution in [0.3, 0.4) is 0 Å². The van der Waals surface area contributed by atoms with Crippen molar-refractivity contribution in [3.63, 3.8) is 0 Å². The summed E-state index contributed by atoms with van der Waals surface area (Å²) in [5.74, 6) is 0.496. The third-order valence-electron chi connectivity index (χ3n) is 7.33. The van der Waals surface area contributed by atoms with E-state index in [0.717, 1.165) is 35.5 Å². The number of anilines is 2. The summed E-state index contributed by atoms with van der Waals surface area (Å²) in [6, 6.07) is 22.0. The van der Waals surface area contributed by atoms with Crippen LogP contribution >= 0.6 is 0 Å². The number of rotatable bonds is 7. The molecule has 0 saturated heterocycles. The van der Waals surface area contributed by atoms with Gasteiger partial charge < -0.3 is 24.3 Å². The SMILES string of the molecule is COc1cc(NC(=O)N(CC(=O)N2c3ccccc3-n3cccc3C2c2ccc(F)cc2)C2CC2)cc(OC)c1. The van der Waals surface area contributed by atoms with Gasteiger partial charge in [-0.1, -0.05) is 24.3 Å². The Labute approximate surface area is 231 Å². The van der Waals surface area contributed by atoms with Crippen molar-refractivity contribution in [2.45, 2.75) is 24.9 Å². The molecule has 204 valence electrons. The minimum atomic E-state index is -0.496. The molecule has 1 aliphatic heterocycles.